The number of carboxylic acids is 3. The van der Waals surface area contributed by atoms with Crippen LogP contribution in [0.25, 0.3) is 0 Å². The molecule has 0 spiro atoms. The minimum atomic E-state index is -3.56. The Hall–Kier alpha value is -3.43. The summed E-state index contributed by atoms with van der Waals surface area (Å²) in [5.74, 6) is -4.78. The highest BCUT2D eigenvalue weighted by Gasteiger charge is 2.56. The van der Waals surface area contributed by atoms with Crippen LogP contribution >= 0.6 is 0 Å². The number of ether oxygens (including phenoxy) is 2. The van der Waals surface area contributed by atoms with E-state index < -0.39 is 29.6 Å². The standard InChI is InChI=1S/C24H28O9/c1-15-7-10-19(14-16(15)2)33-18-11-8-17(9-12-18)6-4-3-5-13-32-20(21(25)26)24(31,22(27)28)23(29)30/h7-12,14,20,31H,3-6,13H2,1-2H3,(H,25,26)(H,27,28)(H,29,30). The molecule has 1 atom stereocenters. The Labute approximate surface area is 191 Å². The molecule has 1 unspecified atom stereocenters. The topological polar surface area (TPSA) is 151 Å². The Balaban J connectivity index is 1.78. The second-order valence-corrected chi connectivity index (χ2v) is 7.77. The van der Waals surface area contributed by atoms with Crippen LogP contribution in [0.3, 0.4) is 0 Å². The van der Waals surface area contributed by atoms with Crippen molar-refractivity contribution in [2.24, 2.45) is 0 Å². The summed E-state index contributed by atoms with van der Waals surface area (Å²) in [5.41, 5.74) is -0.135. The minimum absolute atomic E-state index is 0.206. The van der Waals surface area contributed by atoms with E-state index in [0.717, 1.165) is 35.5 Å². The van der Waals surface area contributed by atoms with Crippen molar-refractivity contribution in [1.29, 1.82) is 0 Å². The molecule has 0 aliphatic carbocycles. The molecule has 0 aliphatic heterocycles. The molecular formula is C24H28O9. The first kappa shape index (κ1) is 25.8. The van der Waals surface area contributed by atoms with Crippen LogP contribution in [0.4, 0.5) is 0 Å². The fourth-order valence-corrected chi connectivity index (χ4v) is 3.13. The Morgan fingerprint density at radius 3 is 2.00 bits per heavy atom. The third-order valence-corrected chi connectivity index (χ3v) is 5.29. The number of carbonyl (C=O) groups is 3. The Morgan fingerprint density at radius 1 is 0.848 bits per heavy atom. The molecule has 0 heterocycles. The van der Waals surface area contributed by atoms with Crippen LogP contribution in [0, 0.1) is 13.8 Å². The molecule has 4 N–H and O–H groups in total. The lowest BCUT2D eigenvalue weighted by molar-refractivity contribution is -0.201. The Morgan fingerprint density at radius 2 is 1.45 bits per heavy atom. The molecule has 0 amide bonds. The van der Waals surface area contributed by atoms with Crippen molar-refractivity contribution in [2.45, 2.75) is 51.2 Å². The number of rotatable bonds is 13. The van der Waals surface area contributed by atoms with Gasteiger partial charge in [0, 0.05) is 6.61 Å². The van der Waals surface area contributed by atoms with Gasteiger partial charge in [-0.15, -0.1) is 0 Å². The number of aryl methyl sites for hydroxylation is 3. The van der Waals surface area contributed by atoms with Gasteiger partial charge in [0.15, 0.2) is 0 Å². The van der Waals surface area contributed by atoms with Crippen molar-refractivity contribution in [1.82, 2.24) is 0 Å². The van der Waals surface area contributed by atoms with Gasteiger partial charge in [0.2, 0.25) is 6.10 Å². The molecular weight excluding hydrogens is 432 g/mol. The van der Waals surface area contributed by atoms with E-state index in [-0.39, 0.29) is 6.61 Å². The first-order valence-corrected chi connectivity index (χ1v) is 10.4. The van der Waals surface area contributed by atoms with Gasteiger partial charge in [-0.25, -0.2) is 14.4 Å². The summed E-state index contributed by atoms with van der Waals surface area (Å²) >= 11 is 0. The molecule has 9 heteroatoms. The molecule has 178 valence electrons. The largest absolute Gasteiger partial charge is 0.479 e. The lowest BCUT2D eigenvalue weighted by atomic mass is 9.97. The van der Waals surface area contributed by atoms with E-state index in [2.05, 4.69) is 0 Å². The van der Waals surface area contributed by atoms with E-state index in [9.17, 15) is 19.5 Å². The number of aliphatic carboxylic acids is 3. The number of benzene rings is 2. The second kappa shape index (κ2) is 11.4. The third-order valence-electron chi connectivity index (χ3n) is 5.29. The first-order chi connectivity index (χ1) is 15.6. The summed E-state index contributed by atoms with van der Waals surface area (Å²) in [7, 11) is 0. The van der Waals surface area contributed by atoms with E-state index in [4.69, 9.17) is 24.8 Å². The van der Waals surface area contributed by atoms with Crippen molar-refractivity contribution in [2.75, 3.05) is 6.61 Å². The third kappa shape index (κ3) is 6.77. The predicted octanol–water partition coefficient (Wildman–Crippen LogP) is 3.18. The molecule has 0 saturated heterocycles. The van der Waals surface area contributed by atoms with E-state index >= 15 is 0 Å². The molecule has 0 saturated carbocycles. The average molecular weight is 460 g/mol. The zero-order valence-electron chi connectivity index (χ0n) is 18.5. The number of hydrogen-bond donors (Lipinski definition) is 4. The summed E-state index contributed by atoms with van der Waals surface area (Å²) < 4.78 is 10.8. The fourth-order valence-electron chi connectivity index (χ4n) is 3.13. The fraction of sp³-hybridized carbons (Fsp3) is 0.375. The van der Waals surface area contributed by atoms with Crippen molar-refractivity contribution >= 4 is 17.9 Å². The molecule has 33 heavy (non-hydrogen) atoms. The first-order valence-electron chi connectivity index (χ1n) is 10.4. The minimum Gasteiger partial charge on any atom is -0.479 e. The van der Waals surface area contributed by atoms with Gasteiger partial charge < -0.3 is 29.9 Å². The van der Waals surface area contributed by atoms with E-state index in [1.807, 2.05) is 56.3 Å². The molecule has 0 fully saturated rings. The normalized spacial score (nSPS) is 12.2. The molecule has 0 aliphatic rings. The highest BCUT2D eigenvalue weighted by Crippen LogP contribution is 2.24. The summed E-state index contributed by atoms with van der Waals surface area (Å²) in [5, 5.41) is 36.7. The zero-order valence-corrected chi connectivity index (χ0v) is 18.5. The molecule has 0 bridgehead atoms. The second-order valence-electron chi connectivity index (χ2n) is 7.77. The van der Waals surface area contributed by atoms with Gasteiger partial charge in [-0.2, -0.15) is 0 Å². The van der Waals surface area contributed by atoms with Crippen molar-refractivity contribution < 1.29 is 44.3 Å². The van der Waals surface area contributed by atoms with Crippen LogP contribution in [-0.2, 0) is 25.5 Å². The van der Waals surface area contributed by atoms with Gasteiger partial charge in [0.25, 0.3) is 5.60 Å². The Bertz CT molecular complexity index is 968. The molecule has 2 aromatic carbocycles. The molecule has 2 aromatic rings. The van der Waals surface area contributed by atoms with Gasteiger partial charge >= 0.3 is 17.9 Å². The van der Waals surface area contributed by atoms with Crippen LogP contribution in [0.1, 0.15) is 36.0 Å². The van der Waals surface area contributed by atoms with Crippen LogP contribution < -0.4 is 4.74 Å². The quantitative estimate of drug-likeness (QED) is 0.261. The molecule has 9 nitrogen and oxygen atoms in total. The van der Waals surface area contributed by atoms with E-state index in [0.29, 0.717) is 12.8 Å². The van der Waals surface area contributed by atoms with Crippen LogP contribution in [0.15, 0.2) is 42.5 Å². The predicted molar refractivity (Wildman–Crippen MR) is 118 cm³/mol. The number of carboxylic acid groups (broad SMARTS) is 3. The summed E-state index contributed by atoms with van der Waals surface area (Å²) in [6, 6.07) is 13.6. The van der Waals surface area contributed by atoms with Crippen molar-refractivity contribution in [3.05, 3.63) is 59.2 Å². The zero-order chi connectivity index (χ0) is 24.6. The lowest BCUT2D eigenvalue weighted by Crippen LogP contribution is -2.60. The maximum atomic E-state index is 11.2. The van der Waals surface area contributed by atoms with Gasteiger partial charge in [-0.3, -0.25) is 0 Å². The SMILES string of the molecule is Cc1ccc(Oc2ccc(CCCCCOC(C(=O)O)C(O)(C(=O)O)C(=O)O)cc2)cc1C. The number of unbranched alkanes of at least 4 members (excludes halogenated alkanes) is 2. The average Bonchev–Trinajstić information content (AvgIpc) is 2.75. The summed E-state index contributed by atoms with van der Waals surface area (Å²) in [6.45, 7) is 3.86. The van der Waals surface area contributed by atoms with Gasteiger partial charge in [0.05, 0.1) is 0 Å². The smallest absolute Gasteiger partial charge is 0.351 e. The molecule has 2 rings (SSSR count). The summed E-state index contributed by atoms with van der Waals surface area (Å²) in [6.07, 6.45) is 0.0808. The number of aliphatic hydroxyl groups is 1. The lowest BCUT2D eigenvalue weighted by Gasteiger charge is -2.25. The number of hydrogen-bond acceptors (Lipinski definition) is 6. The highest BCUT2D eigenvalue weighted by atomic mass is 16.5. The van der Waals surface area contributed by atoms with Crippen LogP contribution in [0.2, 0.25) is 0 Å². The maximum Gasteiger partial charge on any atom is 0.351 e. The van der Waals surface area contributed by atoms with Gasteiger partial charge in [-0.1, -0.05) is 24.6 Å². The molecule has 0 aromatic heterocycles. The van der Waals surface area contributed by atoms with Crippen molar-refractivity contribution in [3.63, 3.8) is 0 Å². The van der Waals surface area contributed by atoms with Crippen LogP contribution in [0.5, 0.6) is 11.5 Å². The van der Waals surface area contributed by atoms with Gasteiger partial charge in [0.1, 0.15) is 11.5 Å². The summed E-state index contributed by atoms with van der Waals surface area (Å²) in [4.78, 5) is 33.4. The highest BCUT2D eigenvalue weighted by molar-refractivity contribution is 6.06. The van der Waals surface area contributed by atoms with E-state index in [1.165, 1.54) is 5.56 Å². The Kier molecular flexibility index (Phi) is 8.95. The van der Waals surface area contributed by atoms with Crippen molar-refractivity contribution in [3.8, 4) is 11.5 Å². The van der Waals surface area contributed by atoms with Crippen LogP contribution in [-0.4, -0.2) is 56.6 Å². The van der Waals surface area contributed by atoms with Gasteiger partial charge in [-0.05, 0) is 74.1 Å². The maximum absolute atomic E-state index is 11.2. The molecule has 0 radical (unpaired) electrons. The van der Waals surface area contributed by atoms with E-state index in [1.54, 1.807) is 0 Å². The monoisotopic (exact) mass is 460 g/mol.